The standard InChI is InChI=1S/C12H18O/c1-9-4-3-5-10(2)12(9)7-6-11(13)8-12/h4,10H,3,5-8H2,1-2H3/t10-,12-/m1/s1. The molecule has 2 rings (SSSR count). The third-order valence-electron chi connectivity index (χ3n) is 4.14. The largest absolute Gasteiger partial charge is 0.300 e. The summed E-state index contributed by atoms with van der Waals surface area (Å²) in [5, 5.41) is 0. The lowest BCUT2D eigenvalue weighted by molar-refractivity contribution is -0.118. The van der Waals surface area contributed by atoms with Gasteiger partial charge in [0.25, 0.3) is 0 Å². The molecule has 1 saturated carbocycles. The molecule has 1 spiro atoms. The Morgan fingerprint density at radius 1 is 1.54 bits per heavy atom. The molecule has 0 amide bonds. The molecule has 1 nitrogen and oxygen atoms in total. The number of Topliss-reactive ketones (excluding diaryl/α,β-unsaturated/α-hetero) is 1. The van der Waals surface area contributed by atoms with E-state index in [4.69, 9.17) is 0 Å². The van der Waals surface area contributed by atoms with E-state index < -0.39 is 0 Å². The molecule has 0 aromatic carbocycles. The smallest absolute Gasteiger partial charge is 0.133 e. The predicted molar refractivity (Wildman–Crippen MR) is 53.4 cm³/mol. The van der Waals surface area contributed by atoms with Crippen molar-refractivity contribution in [2.24, 2.45) is 11.3 Å². The second kappa shape index (κ2) is 2.97. The van der Waals surface area contributed by atoms with Crippen LogP contribution in [0.25, 0.3) is 0 Å². The quantitative estimate of drug-likeness (QED) is 0.521. The molecule has 0 saturated heterocycles. The van der Waals surface area contributed by atoms with Crippen LogP contribution < -0.4 is 0 Å². The van der Waals surface area contributed by atoms with Crippen LogP contribution >= 0.6 is 0 Å². The Kier molecular flexibility index (Phi) is 2.05. The van der Waals surface area contributed by atoms with Crippen LogP contribution in [0.3, 0.4) is 0 Å². The van der Waals surface area contributed by atoms with Gasteiger partial charge in [0.2, 0.25) is 0 Å². The van der Waals surface area contributed by atoms with E-state index in [0.29, 0.717) is 11.7 Å². The van der Waals surface area contributed by atoms with Crippen molar-refractivity contribution in [3.63, 3.8) is 0 Å². The summed E-state index contributed by atoms with van der Waals surface area (Å²) in [4.78, 5) is 11.4. The van der Waals surface area contributed by atoms with Crippen LogP contribution in [-0.4, -0.2) is 5.78 Å². The molecule has 0 heterocycles. The molecular formula is C12H18O. The molecule has 0 aliphatic heterocycles. The number of ketones is 1. The fourth-order valence-electron chi connectivity index (χ4n) is 3.07. The number of hydrogen-bond acceptors (Lipinski definition) is 1. The van der Waals surface area contributed by atoms with E-state index in [-0.39, 0.29) is 5.41 Å². The van der Waals surface area contributed by atoms with Crippen molar-refractivity contribution in [1.29, 1.82) is 0 Å². The topological polar surface area (TPSA) is 17.1 Å². The van der Waals surface area contributed by atoms with Crippen LogP contribution in [0.5, 0.6) is 0 Å². The molecule has 0 unspecified atom stereocenters. The first-order chi connectivity index (χ1) is 6.15. The minimum absolute atomic E-state index is 0.273. The summed E-state index contributed by atoms with van der Waals surface area (Å²) in [6.07, 6.45) is 7.56. The van der Waals surface area contributed by atoms with Crippen molar-refractivity contribution in [3.8, 4) is 0 Å². The van der Waals surface area contributed by atoms with Crippen molar-refractivity contribution in [3.05, 3.63) is 11.6 Å². The van der Waals surface area contributed by atoms with Crippen LogP contribution in [0.1, 0.15) is 46.0 Å². The van der Waals surface area contributed by atoms with Gasteiger partial charge < -0.3 is 0 Å². The Labute approximate surface area is 80.2 Å². The van der Waals surface area contributed by atoms with Gasteiger partial charge in [0, 0.05) is 18.3 Å². The summed E-state index contributed by atoms with van der Waals surface area (Å²) in [7, 11) is 0. The monoisotopic (exact) mass is 178 g/mol. The van der Waals surface area contributed by atoms with E-state index in [1.54, 1.807) is 0 Å². The molecule has 0 aromatic heterocycles. The Bertz CT molecular complexity index is 264. The van der Waals surface area contributed by atoms with Gasteiger partial charge in [-0.1, -0.05) is 18.6 Å². The van der Waals surface area contributed by atoms with Gasteiger partial charge in [-0.2, -0.15) is 0 Å². The number of carbonyl (C=O) groups is 1. The first-order valence-corrected chi connectivity index (χ1v) is 5.34. The third-order valence-corrected chi connectivity index (χ3v) is 4.14. The van der Waals surface area contributed by atoms with Crippen molar-refractivity contribution >= 4 is 5.78 Å². The van der Waals surface area contributed by atoms with E-state index in [0.717, 1.165) is 19.3 Å². The minimum atomic E-state index is 0.273. The zero-order valence-electron chi connectivity index (χ0n) is 8.60. The van der Waals surface area contributed by atoms with Gasteiger partial charge in [-0.25, -0.2) is 0 Å². The second-order valence-electron chi connectivity index (χ2n) is 4.74. The minimum Gasteiger partial charge on any atom is -0.300 e. The van der Waals surface area contributed by atoms with E-state index in [2.05, 4.69) is 19.9 Å². The molecule has 1 heteroatoms. The average molecular weight is 178 g/mol. The number of rotatable bonds is 0. The number of allylic oxidation sites excluding steroid dienone is 2. The molecule has 0 bridgehead atoms. The third kappa shape index (κ3) is 1.25. The maximum atomic E-state index is 11.4. The molecular weight excluding hydrogens is 160 g/mol. The van der Waals surface area contributed by atoms with Crippen molar-refractivity contribution in [2.45, 2.75) is 46.0 Å². The highest BCUT2D eigenvalue weighted by molar-refractivity contribution is 5.82. The van der Waals surface area contributed by atoms with Gasteiger partial charge in [-0.15, -0.1) is 0 Å². The molecule has 0 aromatic rings. The van der Waals surface area contributed by atoms with Crippen LogP contribution in [0.15, 0.2) is 11.6 Å². The lowest BCUT2D eigenvalue weighted by Gasteiger charge is -2.39. The SMILES string of the molecule is CC1=CCC[C@@H](C)[C@@]12CCC(=O)C2. The van der Waals surface area contributed by atoms with Crippen molar-refractivity contribution in [1.82, 2.24) is 0 Å². The second-order valence-corrected chi connectivity index (χ2v) is 4.74. The van der Waals surface area contributed by atoms with E-state index in [1.165, 1.54) is 18.4 Å². The predicted octanol–water partition coefficient (Wildman–Crippen LogP) is 3.10. The molecule has 0 radical (unpaired) electrons. The summed E-state index contributed by atoms with van der Waals surface area (Å²) in [5.74, 6) is 1.19. The maximum absolute atomic E-state index is 11.4. The van der Waals surface area contributed by atoms with Crippen molar-refractivity contribution in [2.75, 3.05) is 0 Å². The summed E-state index contributed by atoms with van der Waals surface area (Å²) in [6.45, 7) is 4.53. The molecule has 2 aliphatic rings. The summed E-state index contributed by atoms with van der Waals surface area (Å²) >= 11 is 0. The Balaban J connectivity index is 2.32. The zero-order valence-corrected chi connectivity index (χ0v) is 8.60. The summed E-state index contributed by atoms with van der Waals surface area (Å²) < 4.78 is 0. The van der Waals surface area contributed by atoms with Gasteiger partial charge in [0.1, 0.15) is 5.78 Å². The highest BCUT2D eigenvalue weighted by Crippen LogP contribution is 2.51. The molecule has 2 aliphatic carbocycles. The average Bonchev–Trinajstić information content (AvgIpc) is 2.46. The summed E-state index contributed by atoms with van der Waals surface area (Å²) in [6, 6.07) is 0. The number of carbonyl (C=O) groups excluding carboxylic acids is 1. The summed E-state index contributed by atoms with van der Waals surface area (Å²) in [5.41, 5.74) is 1.76. The Morgan fingerprint density at radius 3 is 2.85 bits per heavy atom. The van der Waals surface area contributed by atoms with E-state index >= 15 is 0 Å². The fraction of sp³-hybridized carbons (Fsp3) is 0.750. The highest BCUT2D eigenvalue weighted by Gasteiger charge is 2.44. The maximum Gasteiger partial charge on any atom is 0.133 e. The molecule has 13 heavy (non-hydrogen) atoms. The van der Waals surface area contributed by atoms with Crippen LogP contribution in [0.2, 0.25) is 0 Å². The first-order valence-electron chi connectivity index (χ1n) is 5.34. The molecule has 72 valence electrons. The zero-order chi connectivity index (χ0) is 9.47. The Morgan fingerprint density at radius 2 is 2.31 bits per heavy atom. The molecule has 2 atom stereocenters. The van der Waals surface area contributed by atoms with Gasteiger partial charge in [0.15, 0.2) is 0 Å². The van der Waals surface area contributed by atoms with Crippen LogP contribution in [0, 0.1) is 11.3 Å². The van der Waals surface area contributed by atoms with Crippen LogP contribution in [0.4, 0.5) is 0 Å². The Hall–Kier alpha value is -0.590. The van der Waals surface area contributed by atoms with Gasteiger partial charge in [0.05, 0.1) is 0 Å². The lowest BCUT2D eigenvalue weighted by Crippen LogP contribution is -2.30. The van der Waals surface area contributed by atoms with Gasteiger partial charge in [-0.3, -0.25) is 4.79 Å². The number of hydrogen-bond donors (Lipinski definition) is 0. The molecule has 1 fully saturated rings. The van der Waals surface area contributed by atoms with Crippen LogP contribution in [-0.2, 0) is 4.79 Å². The molecule has 0 N–H and O–H groups in total. The highest BCUT2D eigenvalue weighted by atomic mass is 16.1. The fourth-order valence-corrected chi connectivity index (χ4v) is 3.07. The lowest BCUT2D eigenvalue weighted by atomic mass is 9.65. The first kappa shape index (κ1) is 8.98. The normalized spacial score (nSPS) is 39.7. The van der Waals surface area contributed by atoms with Gasteiger partial charge in [-0.05, 0) is 32.1 Å². The van der Waals surface area contributed by atoms with E-state index in [9.17, 15) is 4.79 Å². The van der Waals surface area contributed by atoms with E-state index in [1.807, 2.05) is 0 Å². The van der Waals surface area contributed by atoms with Crippen molar-refractivity contribution < 1.29 is 4.79 Å². The van der Waals surface area contributed by atoms with Gasteiger partial charge >= 0.3 is 0 Å².